The number of benzene rings is 3. The van der Waals surface area contributed by atoms with E-state index in [0.29, 0.717) is 18.5 Å². The molecule has 6 nitrogen and oxygen atoms in total. The van der Waals surface area contributed by atoms with Gasteiger partial charge in [-0.25, -0.2) is 0 Å². The summed E-state index contributed by atoms with van der Waals surface area (Å²) in [5, 5.41) is 34.0. The average molecular weight is 428 g/mol. The number of nitriles is 1. The number of carbonyl (C=O) groups excluding carboxylic acids is 1. The lowest BCUT2D eigenvalue weighted by Crippen LogP contribution is -2.09. The Labute approximate surface area is 186 Å². The van der Waals surface area contributed by atoms with E-state index in [1.54, 1.807) is 36.4 Å². The van der Waals surface area contributed by atoms with Crippen molar-refractivity contribution in [2.45, 2.75) is 19.4 Å². The predicted octanol–water partition coefficient (Wildman–Crippen LogP) is 4.61. The number of aliphatic hydroxyl groups excluding tert-OH is 1. The number of aromatic nitrogens is 1. The Morgan fingerprint density at radius 3 is 2.41 bits per heavy atom. The number of hydrogen-bond donors (Lipinski definition) is 4. The first-order chi connectivity index (χ1) is 15.5. The van der Waals surface area contributed by atoms with Crippen molar-refractivity contribution in [2.75, 3.05) is 11.9 Å². The lowest BCUT2D eigenvalue weighted by molar-refractivity contribution is -0.0979. The van der Waals surface area contributed by atoms with Crippen molar-refractivity contribution in [1.82, 2.24) is 4.98 Å². The number of anilines is 1. The molecule has 6 heteroatoms. The molecule has 1 unspecified atom stereocenters. The maximum Gasteiger partial charge on any atom is 0.119 e. The van der Waals surface area contributed by atoms with E-state index in [2.05, 4.69) is 35.4 Å². The first kappa shape index (κ1) is 22.6. The molecule has 0 saturated carbocycles. The number of nitrogens with one attached hydrogen (secondary N) is 2. The second kappa shape index (κ2) is 10.3. The Morgan fingerprint density at radius 1 is 1.06 bits per heavy atom. The van der Waals surface area contributed by atoms with Crippen molar-refractivity contribution in [1.29, 1.82) is 5.26 Å². The fraction of sp³-hybridized carbons (Fsp3) is 0.154. The van der Waals surface area contributed by atoms with Gasteiger partial charge in [0.25, 0.3) is 0 Å². The number of H-pyrrole nitrogens is 1. The van der Waals surface area contributed by atoms with E-state index in [-0.39, 0.29) is 5.75 Å². The summed E-state index contributed by atoms with van der Waals surface area (Å²) in [6.07, 6.45) is -0.0957. The number of phenols is 1. The molecule has 162 valence electrons. The number of aromatic hydroxyl groups is 1. The maximum absolute atomic E-state index is 11.1. The highest BCUT2D eigenvalue weighted by molar-refractivity contribution is 5.85. The number of aliphatic hydroxyl groups is 1. The summed E-state index contributed by atoms with van der Waals surface area (Å²) < 4.78 is 0. The van der Waals surface area contributed by atoms with Crippen molar-refractivity contribution < 1.29 is 15.0 Å². The summed E-state index contributed by atoms with van der Waals surface area (Å²) in [5.74, 6) is 0.237. The van der Waals surface area contributed by atoms with Crippen LogP contribution in [-0.4, -0.2) is 28.5 Å². The summed E-state index contributed by atoms with van der Waals surface area (Å²) >= 11 is 0. The number of aromatic amines is 1. The third-order valence-corrected chi connectivity index (χ3v) is 5.30. The first-order valence-corrected chi connectivity index (χ1v) is 10.2. The van der Waals surface area contributed by atoms with Crippen LogP contribution < -0.4 is 5.32 Å². The van der Waals surface area contributed by atoms with Gasteiger partial charge in [0, 0.05) is 23.1 Å². The highest BCUT2D eigenvalue weighted by Crippen LogP contribution is 2.31. The van der Waals surface area contributed by atoms with E-state index < -0.39 is 6.10 Å². The molecule has 0 spiro atoms. The van der Waals surface area contributed by atoms with Gasteiger partial charge in [-0.1, -0.05) is 23.8 Å². The van der Waals surface area contributed by atoms with E-state index in [9.17, 15) is 10.2 Å². The van der Waals surface area contributed by atoms with E-state index >= 15 is 0 Å². The number of hydrogen-bond acceptors (Lipinski definition) is 5. The van der Waals surface area contributed by atoms with Crippen molar-refractivity contribution in [3.05, 3.63) is 94.7 Å². The zero-order chi connectivity index (χ0) is 23.1. The fourth-order valence-electron chi connectivity index (χ4n) is 3.70. The van der Waals surface area contributed by atoms with Crippen molar-refractivity contribution in [2.24, 2.45) is 0 Å². The highest BCUT2D eigenvalue weighted by Gasteiger charge is 2.20. The van der Waals surface area contributed by atoms with E-state index in [1.165, 1.54) is 0 Å². The van der Waals surface area contributed by atoms with Crippen LogP contribution in [0.5, 0.6) is 5.75 Å². The Hall–Kier alpha value is -4.08. The molecule has 0 radical (unpaired) electrons. The van der Waals surface area contributed by atoms with Crippen LogP contribution in [0.1, 0.15) is 34.1 Å². The standard InChI is InChI=1S/C25H23N3O2.CH2O/c1-16-2-11-23-22(14-16)21(12-13-27-19-7-9-20(29)10-8-19)24(28-23)25(30)18-5-3-17(15-26)4-6-18;1-2/h2-11,14,25,27-30H,12-13H2,1H3;1H2. The maximum atomic E-state index is 11.1. The third-order valence-electron chi connectivity index (χ3n) is 5.30. The molecule has 1 heterocycles. The lowest BCUT2D eigenvalue weighted by Gasteiger charge is -2.14. The minimum Gasteiger partial charge on any atom is -0.508 e. The minimum absolute atomic E-state index is 0.237. The molecule has 4 N–H and O–H groups in total. The largest absolute Gasteiger partial charge is 0.508 e. The van der Waals surface area contributed by atoms with Gasteiger partial charge in [0.2, 0.25) is 0 Å². The Morgan fingerprint density at radius 2 is 1.75 bits per heavy atom. The van der Waals surface area contributed by atoms with Crippen molar-refractivity contribution in [3.63, 3.8) is 0 Å². The van der Waals surface area contributed by atoms with Crippen LogP contribution in [0.4, 0.5) is 5.69 Å². The SMILES string of the molecule is C=O.Cc1ccc2[nH]c(C(O)c3ccc(C#N)cc3)c(CCNc3ccc(O)cc3)c2c1. The van der Waals surface area contributed by atoms with Crippen LogP contribution in [0.2, 0.25) is 0 Å². The molecule has 3 aromatic carbocycles. The Balaban J connectivity index is 0.00000141. The minimum atomic E-state index is -0.811. The van der Waals surface area contributed by atoms with Crippen LogP contribution in [-0.2, 0) is 11.2 Å². The van der Waals surface area contributed by atoms with Crippen LogP contribution in [0.25, 0.3) is 10.9 Å². The van der Waals surface area contributed by atoms with Crippen molar-refractivity contribution in [3.8, 4) is 11.8 Å². The number of rotatable bonds is 6. The van der Waals surface area contributed by atoms with Crippen LogP contribution in [0.15, 0.2) is 66.7 Å². The summed E-state index contributed by atoms with van der Waals surface area (Å²) in [6, 6.07) is 22.3. The van der Waals surface area contributed by atoms with Gasteiger partial charge in [0.05, 0.1) is 17.3 Å². The second-order valence-electron chi connectivity index (χ2n) is 7.43. The second-order valence-corrected chi connectivity index (χ2v) is 7.43. The molecule has 0 bridgehead atoms. The first-order valence-electron chi connectivity index (χ1n) is 10.2. The summed E-state index contributed by atoms with van der Waals surface area (Å²) in [5.41, 5.74) is 6.22. The molecule has 0 amide bonds. The van der Waals surface area contributed by atoms with E-state index in [0.717, 1.165) is 39.0 Å². The molecule has 0 aliphatic carbocycles. The zero-order valence-electron chi connectivity index (χ0n) is 17.8. The Bertz CT molecular complexity index is 1220. The van der Waals surface area contributed by atoms with Gasteiger partial charge >= 0.3 is 0 Å². The molecular formula is C26H25N3O3. The number of phenolic OH excluding ortho intramolecular Hbond substituents is 1. The highest BCUT2D eigenvalue weighted by atomic mass is 16.3. The molecule has 4 aromatic rings. The van der Waals surface area contributed by atoms with Gasteiger partial charge in [0.15, 0.2) is 0 Å². The number of carbonyl (C=O) groups is 1. The molecule has 0 fully saturated rings. The van der Waals surface area contributed by atoms with Crippen LogP contribution in [0, 0.1) is 18.3 Å². The topological polar surface area (TPSA) is 109 Å². The smallest absolute Gasteiger partial charge is 0.119 e. The summed E-state index contributed by atoms with van der Waals surface area (Å²) in [7, 11) is 0. The van der Waals surface area contributed by atoms with Crippen LogP contribution in [0.3, 0.4) is 0 Å². The zero-order valence-corrected chi connectivity index (χ0v) is 17.8. The number of fused-ring (bicyclic) bond motifs is 1. The molecular weight excluding hydrogens is 402 g/mol. The number of nitrogens with zero attached hydrogens (tertiary/aromatic N) is 1. The third kappa shape index (κ3) is 4.97. The molecule has 4 rings (SSSR count). The van der Waals surface area contributed by atoms with Gasteiger partial charge in [-0.15, -0.1) is 0 Å². The molecule has 0 aliphatic rings. The van der Waals surface area contributed by atoms with Crippen LogP contribution >= 0.6 is 0 Å². The molecule has 0 saturated heterocycles. The summed E-state index contributed by atoms with van der Waals surface area (Å²) in [4.78, 5) is 11.4. The number of aryl methyl sites for hydroxylation is 1. The summed E-state index contributed by atoms with van der Waals surface area (Å²) in [6.45, 7) is 4.74. The molecule has 1 atom stereocenters. The Kier molecular flexibility index (Phi) is 7.27. The lowest BCUT2D eigenvalue weighted by atomic mass is 9.98. The predicted molar refractivity (Wildman–Crippen MR) is 126 cm³/mol. The van der Waals surface area contributed by atoms with Crippen molar-refractivity contribution >= 4 is 23.4 Å². The normalized spacial score (nSPS) is 11.3. The van der Waals surface area contributed by atoms with Gasteiger partial charge in [-0.2, -0.15) is 5.26 Å². The van der Waals surface area contributed by atoms with Gasteiger partial charge in [-0.3, -0.25) is 0 Å². The van der Waals surface area contributed by atoms with E-state index in [1.807, 2.05) is 25.0 Å². The fourth-order valence-corrected chi connectivity index (χ4v) is 3.70. The van der Waals surface area contributed by atoms with Gasteiger partial charge < -0.3 is 25.3 Å². The molecule has 1 aromatic heterocycles. The average Bonchev–Trinajstić information content (AvgIpc) is 3.19. The van der Waals surface area contributed by atoms with E-state index in [4.69, 9.17) is 10.1 Å². The molecule has 0 aliphatic heterocycles. The molecule has 32 heavy (non-hydrogen) atoms. The monoisotopic (exact) mass is 427 g/mol. The quantitative estimate of drug-likeness (QED) is 0.336. The van der Waals surface area contributed by atoms with Gasteiger partial charge in [-0.05, 0) is 73.0 Å². The van der Waals surface area contributed by atoms with Gasteiger partial charge in [0.1, 0.15) is 18.6 Å².